The first-order chi connectivity index (χ1) is 3.68. The van der Waals surface area contributed by atoms with Crippen molar-refractivity contribution in [2.45, 2.75) is 6.92 Å². The van der Waals surface area contributed by atoms with E-state index < -0.39 is 11.3 Å². The summed E-state index contributed by atoms with van der Waals surface area (Å²) in [6.07, 6.45) is 0. The largest absolute Gasteiger partial charge is 0.760 e. The SMILES string of the molecule is CCN.CNS(=O)[O-].Cl. The number of rotatable bonds is 1. The zero-order valence-corrected chi connectivity index (χ0v) is 7.05. The van der Waals surface area contributed by atoms with E-state index in [-0.39, 0.29) is 12.4 Å². The lowest BCUT2D eigenvalue weighted by Crippen LogP contribution is -2.07. The molecule has 0 aromatic heterocycles. The molecule has 0 bridgehead atoms. The minimum Gasteiger partial charge on any atom is -0.760 e. The van der Waals surface area contributed by atoms with E-state index in [1.165, 1.54) is 7.05 Å². The first-order valence-electron chi connectivity index (χ1n) is 2.15. The molecule has 0 aliphatic carbocycles. The first-order valence-corrected chi connectivity index (χ1v) is 3.23. The quantitative estimate of drug-likeness (QED) is 0.522. The third-order valence-corrected chi connectivity index (χ3v) is 0.500. The minimum absolute atomic E-state index is 0. The van der Waals surface area contributed by atoms with Crippen molar-refractivity contribution >= 4 is 23.7 Å². The summed E-state index contributed by atoms with van der Waals surface area (Å²) in [5.74, 6) is 0. The molecule has 4 nitrogen and oxygen atoms in total. The van der Waals surface area contributed by atoms with Crippen LogP contribution in [0, 0.1) is 0 Å². The van der Waals surface area contributed by atoms with Crippen molar-refractivity contribution in [3.05, 3.63) is 0 Å². The Morgan fingerprint density at radius 2 is 1.89 bits per heavy atom. The predicted octanol–water partition coefficient (Wildman–Crippen LogP) is -0.613. The number of nitrogens with two attached hydrogens (primary N) is 1. The zero-order chi connectivity index (χ0) is 6.99. The van der Waals surface area contributed by atoms with E-state index in [0.29, 0.717) is 0 Å². The Hall–Kier alpha value is 0.320. The number of nitrogens with one attached hydrogen (secondary N) is 1. The molecule has 0 aliphatic rings. The second-order valence-corrected chi connectivity index (χ2v) is 1.72. The average Bonchev–Trinajstić information content (AvgIpc) is 1.69. The standard InChI is InChI=1S/C2H7N.CH5NO2S.ClH/c1-2-3;1-2-5(3)4;/h2-3H2,1H3;2H,1H3,(H,3,4);1H/p-1. The van der Waals surface area contributed by atoms with E-state index in [4.69, 9.17) is 5.73 Å². The van der Waals surface area contributed by atoms with Gasteiger partial charge in [0.05, 0.1) is 0 Å². The second-order valence-electron chi connectivity index (χ2n) is 0.847. The lowest BCUT2D eigenvalue weighted by molar-refractivity contribution is 0.529. The van der Waals surface area contributed by atoms with E-state index in [9.17, 15) is 8.76 Å². The Balaban J connectivity index is -0.0000000800. The molecule has 1 atom stereocenters. The van der Waals surface area contributed by atoms with E-state index in [2.05, 4.69) is 0 Å². The third-order valence-electron chi connectivity index (χ3n) is 0.167. The Labute approximate surface area is 64.0 Å². The van der Waals surface area contributed by atoms with Crippen LogP contribution in [0.4, 0.5) is 0 Å². The average molecular weight is 176 g/mol. The summed E-state index contributed by atoms with van der Waals surface area (Å²) in [5, 5.41) is 0. The van der Waals surface area contributed by atoms with Gasteiger partial charge in [-0.15, -0.1) is 12.4 Å². The van der Waals surface area contributed by atoms with Crippen LogP contribution in [-0.4, -0.2) is 22.4 Å². The van der Waals surface area contributed by atoms with E-state index in [0.717, 1.165) is 6.54 Å². The van der Waals surface area contributed by atoms with Crippen LogP contribution < -0.4 is 10.5 Å². The van der Waals surface area contributed by atoms with Crippen LogP contribution in [-0.2, 0) is 11.3 Å². The highest BCUT2D eigenvalue weighted by Gasteiger charge is 1.57. The molecular weight excluding hydrogens is 164 g/mol. The van der Waals surface area contributed by atoms with Gasteiger partial charge in [-0.2, -0.15) is 0 Å². The fraction of sp³-hybridized carbons (Fsp3) is 1.00. The van der Waals surface area contributed by atoms with Gasteiger partial charge in [-0.05, 0) is 13.6 Å². The maximum Gasteiger partial charge on any atom is 0.0178 e. The molecule has 0 saturated heterocycles. The molecule has 0 spiro atoms. The highest BCUT2D eigenvalue weighted by molar-refractivity contribution is 7.77. The Kier molecular flexibility index (Phi) is 28.3. The van der Waals surface area contributed by atoms with Crippen LogP contribution in [0.5, 0.6) is 0 Å². The number of hydrogen-bond acceptors (Lipinski definition) is 3. The Morgan fingerprint density at radius 3 is 1.89 bits per heavy atom. The van der Waals surface area contributed by atoms with Gasteiger partial charge in [-0.1, -0.05) is 6.92 Å². The van der Waals surface area contributed by atoms with Crippen molar-refractivity contribution in [1.29, 1.82) is 0 Å². The monoisotopic (exact) mass is 175 g/mol. The van der Waals surface area contributed by atoms with Crippen LogP contribution in [0.1, 0.15) is 6.92 Å². The Morgan fingerprint density at radius 1 is 1.78 bits per heavy atom. The molecular formula is C3H12ClN2O2S-. The van der Waals surface area contributed by atoms with Crippen LogP contribution in [0.15, 0.2) is 0 Å². The lowest BCUT2D eigenvalue weighted by Gasteiger charge is -1.95. The lowest BCUT2D eigenvalue weighted by atomic mass is 10.8. The molecule has 0 amide bonds. The molecule has 0 saturated carbocycles. The van der Waals surface area contributed by atoms with Gasteiger partial charge in [0.25, 0.3) is 0 Å². The molecule has 0 aromatic carbocycles. The van der Waals surface area contributed by atoms with Gasteiger partial charge < -0.3 is 10.3 Å². The maximum absolute atomic E-state index is 9.26. The van der Waals surface area contributed by atoms with Gasteiger partial charge >= 0.3 is 0 Å². The maximum atomic E-state index is 9.26. The summed E-state index contributed by atoms with van der Waals surface area (Å²) in [5.41, 5.74) is 4.85. The van der Waals surface area contributed by atoms with E-state index in [1.807, 2.05) is 11.6 Å². The molecule has 0 heterocycles. The summed E-state index contributed by atoms with van der Waals surface area (Å²) < 4.78 is 20.5. The van der Waals surface area contributed by atoms with Crippen LogP contribution in [0.3, 0.4) is 0 Å². The normalized spacial score (nSPS) is 10.2. The van der Waals surface area contributed by atoms with Crippen molar-refractivity contribution in [3.63, 3.8) is 0 Å². The summed E-state index contributed by atoms with van der Waals surface area (Å²) in [6, 6.07) is 0. The molecule has 3 N–H and O–H groups in total. The Bertz CT molecular complexity index is 63.8. The van der Waals surface area contributed by atoms with Gasteiger partial charge in [0, 0.05) is 11.3 Å². The van der Waals surface area contributed by atoms with Crippen LogP contribution in [0.2, 0.25) is 0 Å². The second kappa shape index (κ2) is 15.8. The number of halogens is 1. The molecule has 0 radical (unpaired) electrons. The van der Waals surface area contributed by atoms with Gasteiger partial charge in [-0.3, -0.25) is 8.93 Å². The molecule has 0 rings (SSSR count). The van der Waals surface area contributed by atoms with Gasteiger partial charge in [-0.25, -0.2) is 0 Å². The molecule has 0 aromatic rings. The molecule has 6 heteroatoms. The smallest absolute Gasteiger partial charge is 0.0178 e. The number of hydrogen-bond donors (Lipinski definition) is 2. The van der Waals surface area contributed by atoms with Crippen LogP contribution >= 0.6 is 12.4 Å². The summed E-state index contributed by atoms with van der Waals surface area (Å²) >= 11 is -2.07. The van der Waals surface area contributed by atoms with E-state index >= 15 is 0 Å². The molecule has 1 unspecified atom stereocenters. The third kappa shape index (κ3) is 61.7. The minimum atomic E-state index is -2.07. The highest BCUT2D eigenvalue weighted by Crippen LogP contribution is 1.47. The van der Waals surface area contributed by atoms with Gasteiger partial charge in [0.1, 0.15) is 0 Å². The molecule has 60 valence electrons. The van der Waals surface area contributed by atoms with Crippen LogP contribution in [0.25, 0.3) is 0 Å². The fourth-order valence-electron chi connectivity index (χ4n) is 0. The first kappa shape index (κ1) is 16.2. The summed E-state index contributed by atoms with van der Waals surface area (Å²) in [4.78, 5) is 0. The van der Waals surface area contributed by atoms with Crippen molar-refractivity contribution < 1.29 is 8.76 Å². The van der Waals surface area contributed by atoms with Gasteiger partial charge in [0.2, 0.25) is 0 Å². The highest BCUT2D eigenvalue weighted by atomic mass is 35.5. The zero-order valence-electron chi connectivity index (χ0n) is 5.42. The molecule has 0 aliphatic heterocycles. The summed E-state index contributed by atoms with van der Waals surface area (Å²) in [6.45, 7) is 2.65. The molecule has 0 fully saturated rings. The van der Waals surface area contributed by atoms with Crippen molar-refractivity contribution in [3.8, 4) is 0 Å². The van der Waals surface area contributed by atoms with Crippen molar-refractivity contribution in [2.24, 2.45) is 5.73 Å². The predicted molar refractivity (Wildman–Crippen MR) is 40.0 cm³/mol. The van der Waals surface area contributed by atoms with Crippen molar-refractivity contribution in [1.82, 2.24) is 4.72 Å². The topological polar surface area (TPSA) is 78.2 Å². The summed E-state index contributed by atoms with van der Waals surface area (Å²) in [7, 11) is 1.34. The van der Waals surface area contributed by atoms with E-state index in [1.54, 1.807) is 0 Å². The fourth-order valence-corrected chi connectivity index (χ4v) is 0. The van der Waals surface area contributed by atoms with Crippen molar-refractivity contribution in [2.75, 3.05) is 13.6 Å². The van der Waals surface area contributed by atoms with Gasteiger partial charge in [0.15, 0.2) is 0 Å². The molecule has 9 heavy (non-hydrogen) atoms.